The third-order valence-corrected chi connectivity index (χ3v) is 5.42. The molecule has 26 heavy (non-hydrogen) atoms. The highest BCUT2D eigenvalue weighted by Crippen LogP contribution is 2.28. The zero-order chi connectivity index (χ0) is 18.7. The quantitative estimate of drug-likeness (QED) is 0.597. The van der Waals surface area contributed by atoms with Gasteiger partial charge in [0.15, 0.2) is 6.10 Å². The van der Waals surface area contributed by atoms with Crippen LogP contribution in [0.15, 0.2) is 35.2 Å². The van der Waals surface area contributed by atoms with Crippen molar-refractivity contribution in [1.29, 1.82) is 0 Å². The molecule has 0 radical (unpaired) electrons. The van der Waals surface area contributed by atoms with E-state index in [0.717, 1.165) is 34.8 Å². The summed E-state index contributed by atoms with van der Waals surface area (Å²) in [7, 11) is 0. The lowest BCUT2D eigenvalue weighted by molar-refractivity contribution is -0.152. The average molecular weight is 373 g/mol. The molecule has 1 aromatic carbocycles. The van der Waals surface area contributed by atoms with Gasteiger partial charge in [0, 0.05) is 6.04 Å². The molecule has 1 N–H and O–H groups in total. The van der Waals surface area contributed by atoms with Gasteiger partial charge in [0.1, 0.15) is 0 Å². The lowest BCUT2D eigenvalue weighted by Crippen LogP contribution is -2.37. The first-order valence-electron chi connectivity index (χ1n) is 8.70. The molecule has 0 bridgehead atoms. The van der Waals surface area contributed by atoms with Crippen molar-refractivity contribution in [3.05, 3.63) is 41.7 Å². The van der Waals surface area contributed by atoms with Crippen molar-refractivity contribution < 1.29 is 14.3 Å². The zero-order valence-electron chi connectivity index (χ0n) is 15.2. The highest BCUT2D eigenvalue weighted by atomic mass is 32.2. The van der Waals surface area contributed by atoms with Crippen LogP contribution in [0.1, 0.15) is 31.2 Å². The van der Waals surface area contributed by atoms with Crippen LogP contribution in [0.5, 0.6) is 0 Å². The molecule has 1 saturated carbocycles. The largest absolute Gasteiger partial charge is 0.452 e. The number of ether oxygens (including phenoxy) is 1. The van der Waals surface area contributed by atoms with Gasteiger partial charge in [-0.05, 0) is 45.7 Å². The van der Waals surface area contributed by atoms with Crippen LogP contribution in [0.3, 0.4) is 0 Å². The van der Waals surface area contributed by atoms with E-state index in [4.69, 9.17) is 4.74 Å². The lowest BCUT2D eigenvalue weighted by atomic mass is 10.3. The third-order valence-electron chi connectivity index (χ3n) is 4.16. The minimum Gasteiger partial charge on any atom is -0.452 e. The number of aryl methyl sites for hydroxylation is 1. The molecular weight excluding hydrogens is 350 g/mol. The Morgan fingerprint density at radius 1 is 1.31 bits per heavy atom. The van der Waals surface area contributed by atoms with Crippen LogP contribution in [0, 0.1) is 13.8 Å². The molecule has 0 aliphatic heterocycles. The van der Waals surface area contributed by atoms with E-state index in [0.29, 0.717) is 0 Å². The first-order chi connectivity index (χ1) is 12.5. The number of hydrogen-bond donors (Lipinski definition) is 1. The highest BCUT2D eigenvalue weighted by molar-refractivity contribution is 8.00. The second-order valence-corrected chi connectivity index (χ2v) is 7.44. The Balaban J connectivity index is 1.58. The van der Waals surface area contributed by atoms with Crippen molar-refractivity contribution in [1.82, 2.24) is 15.1 Å². The van der Waals surface area contributed by atoms with Gasteiger partial charge in [0.2, 0.25) is 0 Å². The van der Waals surface area contributed by atoms with Gasteiger partial charge < -0.3 is 10.1 Å². The topological polar surface area (TPSA) is 73.2 Å². The summed E-state index contributed by atoms with van der Waals surface area (Å²) < 4.78 is 7.10. The summed E-state index contributed by atoms with van der Waals surface area (Å²) >= 11 is 1.39. The highest BCUT2D eigenvalue weighted by Gasteiger charge is 2.27. The molecular formula is C19H23N3O3S. The van der Waals surface area contributed by atoms with Crippen molar-refractivity contribution in [2.75, 3.05) is 5.75 Å². The number of esters is 1. The van der Waals surface area contributed by atoms with E-state index in [1.54, 1.807) is 6.92 Å². The van der Waals surface area contributed by atoms with Crippen LogP contribution < -0.4 is 5.32 Å². The zero-order valence-corrected chi connectivity index (χ0v) is 16.0. The van der Waals surface area contributed by atoms with Crippen molar-refractivity contribution >= 4 is 23.6 Å². The number of benzene rings is 1. The maximum Gasteiger partial charge on any atom is 0.317 e. The Morgan fingerprint density at radius 2 is 2.00 bits per heavy atom. The van der Waals surface area contributed by atoms with Crippen molar-refractivity contribution in [2.45, 2.75) is 50.7 Å². The Labute approximate surface area is 157 Å². The van der Waals surface area contributed by atoms with E-state index in [9.17, 15) is 9.59 Å². The third kappa shape index (κ3) is 4.46. The molecule has 0 spiro atoms. The number of carbonyl (C=O) groups excluding carboxylic acids is 2. The maximum atomic E-state index is 12.1. The fourth-order valence-electron chi connectivity index (χ4n) is 2.62. The van der Waals surface area contributed by atoms with E-state index in [-0.39, 0.29) is 17.7 Å². The Hall–Kier alpha value is -2.28. The minimum absolute atomic E-state index is 0.142. The molecule has 1 heterocycles. The monoisotopic (exact) mass is 373 g/mol. The number of amides is 1. The fraction of sp³-hybridized carbons (Fsp3) is 0.421. The van der Waals surface area contributed by atoms with E-state index >= 15 is 0 Å². The second kappa shape index (κ2) is 7.95. The lowest BCUT2D eigenvalue weighted by Gasteiger charge is -2.13. The number of para-hydroxylation sites is 1. The number of thioether (sulfide) groups is 1. The number of aromatic nitrogens is 2. The normalized spacial score (nSPS) is 14.7. The van der Waals surface area contributed by atoms with Crippen LogP contribution in [0.4, 0.5) is 0 Å². The van der Waals surface area contributed by atoms with Gasteiger partial charge in [-0.2, -0.15) is 5.10 Å². The van der Waals surface area contributed by atoms with E-state index in [2.05, 4.69) is 10.4 Å². The molecule has 1 aliphatic carbocycles. The maximum absolute atomic E-state index is 12.1. The summed E-state index contributed by atoms with van der Waals surface area (Å²) in [5.41, 5.74) is 2.82. The van der Waals surface area contributed by atoms with Gasteiger partial charge >= 0.3 is 5.97 Å². The molecule has 1 fully saturated rings. The second-order valence-electron chi connectivity index (χ2n) is 6.45. The van der Waals surface area contributed by atoms with Gasteiger partial charge in [-0.1, -0.05) is 18.2 Å². The summed E-state index contributed by atoms with van der Waals surface area (Å²) in [6.45, 7) is 5.50. The van der Waals surface area contributed by atoms with E-state index < -0.39 is 12.1 Å². The number of rotatable bonds is 7. The summed E-state index contributed by atoms with van der Waals surface area (Å²) in [6, 6.07) is 10.1. The molecule has 2 aromatic rings. The van der Waals surface area contributed by atoms with Gasteiger partial charge in [-0.25, -0.2) is 4.68 Å². The molecule has 7 heteroatoms. The van der Waals surface area contributed by atoms with Crippen LogP contribution in [-0.4, -0.2) is 39.6 Å². The predicted molar refractivity (Wildman–Crippen MR) is 100 cm³/mol. The Kier molecular flexibility index (Phi) is 5.66. The first kappa shape index (κ1) is 18.5. The predicted octanol–water partition coefficient (Wildman–Crippen LogP) is 2.79. The van der Waals surface area contributed by atoms with Gasteiger partial charge in [-0.15, -0.1) is 11.8 Å². The summed E-state index contributed by atoms with van der Waals surface area (Å²) in [5.74, 6) is -0.488. The van der Waals surface area contributed by atoms with Gasteiger partial charge in [-0.3, -0.25) is 9.59 Å². The average Bonchev–Trinajstić information content (AvgIpc) is 3.39. The first-order valence-corrected chi connectivity index (χ1v) is 9.68. The summed E-state index contributed by atoms with van der Waals surface area (Å²) in [6.07, 6.45) is 1.25. The summed E-state index contributed by atoms with van der Waals surface area (Å²) in [4.78, 5) is 24.9. The van der Waals surface area contributed by atoms with Crippen LogP contribution >= 0.6 is 11.8 Å². The van der Waals surface area contributed by atoms with Gasteiger partial charge in [0.05, 0.1) is 27.7 Å². The number of hydrogen-bond acceptors (Lipinski definition) is 5. The molecule has 0 saturated heterocycles. The number of nitrogens with zero attached hydrogens (tertiary/aromatic N) is 2. The van der Waals surface area contributed by atoms with Crippen molar-refractivity contribution in [3.63, 3.8) is 0 Å². The van der Waals surface area contributed by atoms with Crippen LogP contribution in [0.2, 0.25) is 0 Å². The van der Waals surface area contributed by atoms with Crippen molar-refractivity contribution in [2.24, 2.45) is 0 Å². The molecule has 1 atom stereocenters. The van der Waals surface area contributed by atoms with Gasteiger partial charge in [0.25, 0.3) is 5.91 Å². The fourth-order valence-corrected chi connectivity index (χ4v) is 3.50. The van der Waals surface area contributed by atoms with Crippen LogP contribution in [0.25, 0.3) is 5.69 Å². The van der Waals surface area contributed by atoms with Crippen molar-refractivity contribution in [3.8, 4) is 5.69 Å². The smallest absolute Gasteiger partial charge is 0.317 e. The summed E-state index contributed by atoms with van der Waals surface area (Å²) in [5, 5.41) is 7.40. The Morgan fingerprint density at radius 3 is 2.65 bits per heavy atom. The molecule has 138 valence electrons. The standard InChI is InChI=1S/C19H23N3O3S/c1-12-18(13(2)22(21-12)16-7-5-4-6-8-16)26-11-17(23)25-14(3)19(24)20-15-9-10-15/h4-8,14-15H,9-11H2,1-3H3,(H,20,24)/t14-/m0/s1. The number of carbonyl (C=O) groups is 2. The number of nitrogens with one attached hydrogen (secondary N) is 1. The SMILES string of the molecule is Cc1nn(-c2ccccc2)c(C)c1SCC(=O)O[C@@H](C)C(=O)NC1CC1. The molecule has 1 amide bonds. The molecule has 1 aromatic heterocycles. The molecule has 6 nitrogen and oxygen atoms in total. The minimum atomic E-state index is -0.766. The molecule has 0 unspecified atom stereocenters. The molecule has 1 aliphatic rings. The van der Waals surface area contributed by atoms with E-state index in [1.165, 1.54) is 11.8 Å². The molecule has 3 rings (SSSR count). The van der Waals surface area contributed by atoms with Crippen LogP contribution in [-0.2, 0) is 14.3 Å². The van der Waals surface area contributed by atoms with E-state index in [1.807, 2.05) is 48.9 Å². The Bertz CT molecular complexity index is 800.